The van der Waals surface area contributed by atoms with E-state index < -0.39 is 53.3 Å². The van der Waals surface area contributed by atoms with Crippen LogP contribution in [0.3, 0.4) is 0 Å². The van der Waals surface area contributed by atoms with Crippen LogP contribution in [0.25, 0.3) is 0 Å². The van der Waals surface area contributed by atoms with Gasteiger partial charge in [0.15, 0.2) is 0 Å². The van der Waals surface area contributed by atoms with Gasteiger partial charge >= 0.3 is 12.1 Å². The number of carbonyl (C=O) groups excluding carboxylic acids is 2. The Morgan fingerprint density at radius 2 is 1.57 bits per heavy atom. The number of allylic oxidation sites excluding steroid dienone is 1. The van der Waals surface area contributed by atoms with Gasteiger partial charge in [0.25, 0.3) is 0 Å². The summed E-state index contributed by atoms with van der Waals surface area (Å²) in [5.41, 5.74) is 1.88. The van der Waals surface area contributed by atoms with E-state index in [1.165, 1.54) is 50.5 Å². The summed E-state index contributed by atoms with van der Waals surface area (Å²) in [6.45, 7) is 11.8. The third kappa shape index (κ3) is 6.94. The normalized spacial score (nSPS) is 32.1. The third-order valence-electron chi connectivity index (χ3n) is 12.5. The summed E-state index contributed by atoms with van der Waals surface area (Å²) >= 11 is 0. The van der Waals surface area contributed by atoms with Crippen molar-refractivity contribution in [3.8, 4) is 5.75 Å². The lowest BCUT2D eigenvalue weighted by molar-refractivity contribution is -0.134. The molecule has 262 valence electrons. The van der Waals surface area contributed by atoms with Gasteiger partial charge in [-0.15, -0.1) is 0 Å². The summed E-state index contributed by atoms with van der Waals surface area (Å²) in [6, 6.07) is 0. The molecular weight excluding hydrogens is 617 g/mol. The van der Waals surface area contributed by atoms with Crippen LogP contribution in [-0.2, 0) is 9.53 Å². The van der Waals surface area contributed by atoms with E-state index >= 15 is 0 Å². The van der Waals surface area contributed by atoms with Crippen LogP contribution >= 0.6 is 0 Å². The second-order valence-electron chi connectivity index (χ2n) is 15.6. The highest BCUT2D eigenvalue weighted by Gasteiger charge is 2.59. The minimum Gasteiger partial charge on any atom is -0.446 e. The second kappa shape index (κ2) is 14.1. The fourth-order valence-electron chi connectivity index (χ4n) is 10.1. The van der Waals surface area contributed by atoms with E-state index in [-0.39, 0.29) is 18.1 Å². The Balaban J connectivity index is 1.12. The molecule has 1 aromatic rings. The third-order valence-corrected chi connectivity index (χ3v) is 12.5. The zero-order valence-corrected chi connectivity index (χ0v) is 28.3. The summed E-state index contributed by atoms with van der Waals surface area (Å²) in [7, 11) is 0. The molecular formula is C37H50F5NO4. The molecule has 4 aliphatic carbocycles. The molecule has 1 amide bonds. The Labute approximate surface area is 275 Å². The molecule has 4 unspecified atom stereocenters. The highest BCUT2D eigenvalue weighted by Crippen LogP contribution is 2.67. The van der Waals surface area contributed by atoms with Gasteiger partial charge in [-0.25, -0.2) is 18.0 Å². The van der Waals surface area contributed by atoms with Crippen LogP contribution in [0.15, 0.2) is 11.6 Å². The summed E-state index contributed by atoms with van der Waals surface area (Å²) in [5, 5.41) is 2.42. The number of nitrogens with one attached hydrogen (secondary N) is 1. The number of halogens is 5. The van der Waals surface area contributed by atoms with Crippen LogP contribution in [0.4, 0.5) is 26.7 Å². The molecule has 4 aliphatic rings. The van der Waals surface area contributed by atoms with Crippen molar-refractivity contribution in [2.75, 3.05) is 6.54 Å². The Morgan fingerprint density at radius 1 is 0.894 bits per heavy atom. The van der Waals surface area contributed by atoms with E-state index in [1.54, 1.807) is 0 Å². The predicted octanol–water partition coefficient (Wildman–Crippen LogP) is 9.81. The molecule has 0 heterocycles. The number of fused-ring (bicyclic) bond motifs is 5. The first-order valence-electron chi connectivity index (χ1n) is 17.5. The molecule has 8 atom stereocenters. The minimum absolute atomic E-state index is 0.0924. The van der Waals surface area contributed by atoms with Crippen molar-refractivity contribution in [3.05, 3.63) is 40.7 Å². The van der Waals surface area contributed by atoms with E-state index in [1.807, 2.05) is 0 Å². The summed E-state index contributed by atoms with van der Waals surface area (Å²) in [5.74, 6) is -9.80. The van der Waals surface area contributed by atoms with Crippen molar-refractivity contribution in [1.82, 2.24) is 5.32 Å². The summed E-state index contributed by atoms with van der Waals surface area (Å²) in [6.07, 6.45) is 13.4. The lowest BCUT2D eigenvalue weighted by Gasteiger charge is -2.58. The maximum absolute atomic E-state index is 13.8. The number of rotatable bonds is 10. The Hall–Kier alpha value is -2.65. The van der Waals surface area contributed by atoms with Crippen molar-refractivity contribution in [1.29, 1.82) is 0 Å². The van der Waals surface area contributed by atoms with Crippen molar-refractivity contribution >= 4 is 12.1 Å². The fourth-order valence-corrected chi connectivity index (χ4v) is 10.1. The van der Waals surface area contributed by atoms with E-state index in [4.69, 9.17) is 4.74 Å². The fraction of sp³-hybridized carbons (Fsp3) is 0.730. The van der Waals surface area contributed by atoms with Crippen LogP contribution in [0.2, 0.25) is 0 Å². The maximum Gasteiger partial charge on any atom is 0.407 e. The molecule has 5 nitrogen and oxygen atoms in total. The SMILES string of the molecule is CC(C)CCC[C@@H](C)[C@H]1CCC2C3CC=C4CC(OC(=O)NCCC(=O)Oc5c(F)c(F)c(F)c(F)c5F)CC[C@]4(C)C3CC[C@@]21C. The Morgan fingerprint density at radius 3 is 2.26 bits per heavy atom. The molecule has 0 radical (unpaired) electrons. The maximum atomic E-state index is 13.8. The van der Waals surface area contributed by atoms with Gasteiger partial charge in [-0.3, -0.25) is 4.79 Å². The minimum atomic E-state index is -2.35. The van der Waals surface area contributed by atoms with Crippen molar-refractivity contribution in [3.63, 3.8) is 0 Å². The lowest BCUT2D eigenvalue weighted by atomic mass is 9.47. The van der Waals surface area contributed by atoms with Gasteiger partial charge in [-0.05, 0) is 91.3 Å². The highest BCUT2D eigenvalue weighted by molar-refractivity contribution is 5.74. The van der Waals surface area contributed by atoms with Crippen LogP contribution < -0.4 is 10.1 Å². The molecule has 0 bridgehead atoms. The van der Waals surface area contributed by atoms with Crippen molar-refractivity contribution in [2.45, 2.75) is 118 Å². The van der Waals surface area contributed by atoms with E-state index in [9.17, 15) is 31.5 Å². The summed E-state index contributed by atoms with van der Waals surface area (Å²) < 4.78 is 77.6. The van der Waals surface area contributed by atoms with Crippen LogP contribution in [0.1, 0.15) is 112 Å². The molecule has 1 N–H and O–H groups in total. The predicted molar refractivity (Wildman–Crippen MR) is 168 cm³/mol. The van der Waals surface area contributed by atoms with E-state index in [0.717, 1.165) is 42.9 Å². The smallest absolute Gasteiger partial charge is 0.407 e. The number of hydrogen-bond acceptors (Lipinski definition) is 4. The van der Waals surface area contributed by atoms with E-state index in [0.29, 0.717) is 23.7 Å². The average Bonchev–Trinajstić information content (AvgIpc) is 3.38. The zero-order chi connectivity index (χ0) is 34.3. The molecule has 3 fully saturated rings. The van der Waals surface area contributed by atoms with Crippen LogP contribution in [-0.4, -0.2) is 24.7 Å². The average molecular weight is 668 g/mol. The number of ether oxygens (including phenoxy) is 2. The van der Waals surface area contributed by atoms with Gasteiger partial charge in [0.2, 0.25) is 34.8 Å². The molecule has 0 aliphatic heterocycles. The highest BCUT2D eigenvalue weighted by atomic mass is 19.2. The van der Waals surface area contributed by atoms with Crippen molar-refractivity contribution < 1.29 is 41.0 Å². The molecule has 0 spiro atoms. The van der Waals surface area contributed by atoms with Crippen LogP contribution in [0.5, 0.6) is 5.75 Å². The molecule has 3 saturated carbocycles. The van der Waals surface area contributed by atoms with Gasteiger partial charge < -0.3 is 14.8 Å². The molecule has 47 heavy (non-hydrogen) atoms. The standard InChI is InChI=1S/C37H50F5NO4/c1-20(2)7-6-8-21(3)25-11-12-26-24-10-9-22-19-23(13-16-36(22,4)27(24)14-17-37(25,26)5)46-35(45)43-18-15-28(44)47-34-32(41)30(39)29(38)31(40)33(34)42/h9,20-21,23-27H,6-8,10-19H2,1-5H3,(H,43,45)/t21-,23?,24?,25-,26?,27?,36+,37-/m1/s1. The molecule has 0 saturated heterocycles. The first-order valence-corrected chi connectivity index (χ1v) is 17.5. The quantitative estimate of drug-likeness (QED) is 0.0674. The van der Waals surface area contributed by atoms with Gasteiger partial charge in [-0.2, -0.15) is 8.78 Å². The number of alkyl carbamates (subject to hydrolysis) is 1. The second-order valence-corrected chi connectivity index (χ2v) is 15.6. The number of benzene rings is 1. The number of esters is 1. The number of amides is 1. The first-order chi connectivity index (χ1) is 22.2. The molecule has 1 aromatic carbocycles. The Bertz CT molecular complexity index is 1350. The molecule has 0 aromatic heterocycles. The van der Waals surface area contributed by atoms with Crippen LogP contribution in [0, 0.1) is 75.4 Å². The first kappa shape index (κ1) is 35.7. The van der Waals surface area contributed by atoms with Crippen molar-refractivity contribution in [2.24, 2.45) is 46.3 Å². The topological polar surface area (TPSA) is 64.6 Å². The lowest BCUT2D eigenvalue weighted by Crippen LogP contribution is -2.51. The monoisotopic (exact) mass is 667 g/mol. The number of carbonyl (C=O) groups is 2. The zero-order valence-electron chi connectivity index (χ0n) is 28.3. The summed E-state index contributed by atoms with van der Waals surface area (Å²) in [4.78, 5) is 24.5. The molecule has 5 rings (SSSR count). The molecule has 10 heteroatoms. The van der Waals surface area contributed by atoms with E-state index in [2.05, 4.69) is 50.7 Å². The van der Waals surface area contributed by atoms with Gasteiger partial charge in [-0.1, -0.05) is 65.5 Å². The van der Waals surface area contributed by atoms with Gasteiger partial charge in [0.1, 0.15) is 6.10 Å². The Kier molecular flexibility index (Phi) is 10.7. The van der Waals surface area contributed by atoms with Gasteiger partial charge in [0.05, 0.1) is 6.42 Å². The number of hydrogen-bond donors (Lipinski definition) is 1. The largest absolute Gasteiger partial charge is 0.446 e. The van der Waals surface area contributed by atoms with Gasteiger partial charge in [0, 0.05) is 13.0 Å².